The van der Waals surface area contributed by atoms with Crippen LogP contribution in [-0.2, 0) is 4.74 Å². The SMILES string of the molecule is O=C(NCCN1CCOC(c2ccccc2)C1)c1ccc(Cl)cc1Cl. The van der Waals surface area contributed by atoms with Crippen molar-refractivity contribution in [3.8, 4) is 0 Å². The number of carbonyl (C=O) groups is 1. The van der Waals surface area contributed by atoms with Gasteiger partial charge in [0.25, 0.3) is 5.91 Å². The van der Waals surface area contributed by atoms with Crippen LogP contribution in [0.2, 0.25) is 10.0 Å². The van der Waals surface area contributed by atoms with Crippen molar-refractivity contribution in [1.82, 2.24) is 10.2 Å². The molecule has 0 aromatic heterocycles. The topological polar surface area (TPSA) is 41.6 Å². The summed E-state index contributed by atoms with van der Waals surface area (Å²) < 4.78 is 5.86. The van der Waals surface area contributed by atoms with Crippen LogP contribution in [0.3, 0.4) is 0 Å². The van der Waals surface area contributed by atoms with E-state index in [-0.39, 0.29) is 12.0 Å². The Morgan fingerprint density at radius 3 is 2.76 bits per heavy atom. The maximum atomic E-state index is 12.2. The molecule has 1 fully saturated rings. The van der Waals surface area contributed by atoms with Crippen molar-refractivity contribution in [3.63, 3.8) is 0 Å². The van der Waals surface area contributed by atoms with Crippen LogP contribution in [-0.4, -0.2) is 43.6 Å². The summed E-state index contributed by atoms with van der Waals surface area (Å²) in [4.78, 5) is 14.5. The Balaban J connectivity index is 1.49. The molecule has 2 aromatic rings. The summed E-state index contributed by atoms with van der Waals surface area (Å²) in [6.45, 7) is 3.70. The van der Waals surface area contributed by atoms with Crippen molar-refractivity contribution in [2.75, 3.05) is 32.8 Å². The maximum Gasteiger partial charge on any atom is 0.252 e. The van der Waals surface area contributed by atoms with Crippen LogP contribution in [0.5, 0.6) is 0 Å². The van der Waals surface area contributed by atoms with E-state index in [1.165, 1.54) is 5.56 Å². The zero-order chi connectivity index (χ0) is 17.6. The van der Waals surface area contributed by atoms with Gasteiger partial charge in [-0.3, -0.25) is 9.69 Å². The minimum atomic E-state index is -0.186. The van der Waals surface area contributed by atoms with E-state index in [0.29, 0.717) is 28.8 Å². The predicted molar refractivity (Wildman–Crippen MR) is 100 cm³/mol. The smallest absolute Gasteiger partial charge is 0.252 e. The van der Waals surface area contributed by atoms with E-state index in [1.54, 1.807) is 18.2 Å². The van der Waals surface area contributed by atoms with E-state index in [2.05, 4.69) is 22.3 Å². The van der Waals surface area contributed by atoms with E-state index in [9.17, 15) is 4.79 Å². The number of nitrogens with one attached hydrogen (secondary N) is 1. The van der Waals surface area contributed by atoms with Crippen molar-refractivity contribution in [1.29, 1.82) is 0 Å². The lowest BCUT2D eigenvalue weighted by Crippen LogP contribution is -2.42. The molecule has 0 spiro atoms. The van der Waals surface area contributed by atoms with Crippen molar-refractivity contribution < 1.29 is 9.53 Å². The van der Waals surface area contributed by atoms with E-state index < -0.39 is 0 Å². The Labute approximate surface area is 157 Å². The number of hydrogen-bond donors (Lipinski definition) is 1. The zero-order valence-electron chi connectivity index (χ0n) is 13.8. The Morgan fingerprint density at radius 1 is 1.20 bits per heavy atom. The lowest BCUT2D eigenvalue weighted by Gasteiger charge is -2.33. The molecule has 1 atom stereocenters. The third kappa shape index (κ3) is 4.95. The van der Waals surface area contributed by atoms with E-state index in [1.807, 2.05) is 18.2 Å². The molecule has 0 radical (unpaired) electrons. The van der Waals surface area contributed by atoms with Gasteiger partial charge in [-0.25, -0.2) is 0 Å². The van der Waals surface area contributed by atoms with Crippen molar-refractivity contribution in [2.24, 2.45) is 0 Å². The molecule has 1 N–H and O–H groups in total. The highest BCUT2D eigenvalue weighted by Crippen LogP contribution is 2.22. The number of hydrogen-bond acceptors (Lipinski definition) is 3. The molecule has 6 heteroatoms. The van der Waals surface area contributed by atoms with Gasteiger partial charge in [-0.05, 0) is 23.8 Å². The molecular formula is C19H20Cl2N2O2. The molecule has 0 bridgehead atoms. The number of halogens is 2. The van der Waals surface area contributed by atoms with Crippen LogP contribution in [0, 0.1) is 0 Å². The molecule has 3 rings (SSSR count). The first-order valence-corrected chi connectivity index (χ1v) is 9.01. The van der Waals surface area contributed by atoms with Crippen LogP contribution in [0.25, 0.3) is 0 Å². The highest BCUT2D eigenvalue weighted by atomic mass is 35.5. The number of morpholine rings is 1. The van der Waals surface area contributed by atoms with Crippen LogP contribution >= 0.6 is 23.2 Å². The molecule has 0 aliphatic carbocycles. The zero-order valence-corrected chi connectivity index (χ0v) is 15.3. The summed E-state index contributed by atoms with van der Waals surface area (Å²) in [5.74, 6) is -0.186. The second-order valence-corrected chi connectivity index (χ2v) is 6.79. The summed E-state index contributed by atoms with van der Waals surface area (Å²) in [7, 11) is 0. The van der Waals surface area contributed by atoms with Crippen LogP contribution in [0.15, 0.2) is 48.5 Å². The lowest BCUT2D eigenvalue weighted by atomic mass is 10.1. The monoisotopic (exact) mass is 378 g/mol. The molecule has 1 heterocycles. The normalized spacial score (nSPS) is 18.1. The van der Waals surface area contributed by atoms with Gasteiger partial charge in [-0.15, -0.1) is 0 Å². The number of benzene rings is 2. The van der Waals surface area contributed by atoms with Gasteiger partial charge in [0.1, 0.15) is 0 Å². The average Bonchev–Trinajstić information content (AvgIpc) is 2.62. The van der Waals surface area contributed by atoms with Gasteiger partial charge in [0.15, 0.2) is 0 Å². The first-order chi connectivity index (χ1) is 12.1. The van der Waals surface area contributed by atoms with Gasteiger partial charge in [0.2, 0.25) is 0 Å². The minimum Gasteiger partial charge on any atom is -0.371 e. The molecular weight excluding hydrogens is 359 g/mol. The largest absolute Gasteiger partial charge is 0.371 e. The van der Waals surface area contributed by atoms with Crippen LogP contribution < -0.4 is 5.32 Å². The molecule has 1 saturated heterocycles. The second kappa shape index (κ2) is 8.68. The first-order valence-electron chi connectivity index (χ1n) is 8.25. The van der Waals surface area contributed by atoms with Crippen LogP contribution in [0.4, 0.5) is 0 Å². The standard InChI is InChI=1S/C19H20Cl2N2O2/c20-15-6-7-16(17(21)12-15)19(24)22-8-9-23-10-11-25-18(13-23)14-4-2-1-3-5-14/h1-7,12,18H,8-11,13H2,(H,22,24). The van der Waals surface area contributed by atoms with Crippen molar-refractivity contribution >= 4 is 29.1 Å². The second-order valence-electron chi connectivity index (χ2n) is 5.95. The van der Waals surface area contributed by atoms with Gasteiger partial charge >= 0.3 is 0 Å². The summed E-state index contributed by atoms with van der Waals surface area (Å²) in [5.41, 5.74) is 1.62. The Kier molecular flexibility index (Phi) is 6.32. The van der Waals surface area contributed by atoms with E-state index >= 15 is 0 Å². The number of amides is 1. The summed E-state index contributed by atoms with van der Waals surface area (Å²) in [6, 6.07) is 15.1. The third-order valence-corrected chi connectivity index (χ3v) is 4.76. The van der Waals surface area contributed by atoms with Crippen molar-refractivity contribution in [3.05, 3.63) is 69.7 Å². The fourth-order valence-electron chi connectivity index (χ4n) is 2.87. The molecule has 1 aliphatic heterocycles. The molecule has 0 saturated carbocycles. The molecule has 1 unspecified atom stereocenters. The van der Waals surface area contributed by atoms with Gasteiger partial charge in [0.05, 0.1) is 23.3 Å². The van der Waals surface area contributed by atoms with Crippen molar-refractivity contribution in [2.45, 2.75) is 6.10 Å². The third-order valence-electron chi connectivity index (χ3n) is 4.21. The highest BCUT2D eigenvalue weighted by molar-refractivity contribution is 6.36. The van der Waals surface area contributed by atoms with Gasteiger partial charge < -0.3 is 10.1 Å². The molecule has 4 nitrogen and oxygen atoms in total. The minimum absolute atomic E-state index is 0.0800. The van der Waals surface area contributed by atoms with E-state index in [0.717, 1.165) is 19.6 Å². The highest BCUT2D eigenvalue weighted by Gasteiger charge is 2.21. The Morgan fingerprint density at radius 2 is 2.00 bits per heavy atom. The van der Waals surface area contributed by atoms with Gasteiger partial charge in [-0.2, -0.15) is 0 Å². The average molecular weight is 379 g/mol. The number of rotatable bonds is 5. The molecule has 1 amide bonds. The molecule has 1 aliphatic rings. The van der Waals surface area contributed by atoms with E-state index in [4.69, 9.17) is 27.9 Å². The molecule has 25 heavy (non-hydrogen) atoms. The number of carbonyl (C=O) groups excluding carboxylic acids is 1. The van der Waals surface area contributed by atoms with Crippen LogP contribution in [0.1, 0.15) is 22.0 Å². The fourth-order valence-corrected chi connectivity index (χ4v) is 3.37. The maximum absolute atomic E-state index is 12.2. The first kappa shape index (κ1) is 18.2. The van der Waals surface area contributed by atoms with Gasteiger partial charge in [-0.1, -0.05) is 53.5 Å². The summed E-state index contributed by atoms with van der Waals surface area (Å²) >= 11 is 11.9. The molecule has 132 valence electrons. The number of nitrogens with zero attached hydrogens (tertiary/aromatic N) is 1. The summed E-state index contributed by atoms with van der Waals surface area (Å²) in [6.07, 6.45) is 0.0800. The Hall–Kier alpha value is -1.59. The quantitative estimate of drug-likeness (QED) is 0.860. The lowest BCUT2D eigenvalue weighted by molar-refractivity contribution is -0.0293. The summed E-state index contributed by atoms with van der Waals surface area (Å²) in [5, 5.41) is 3.79. The van der Waals surface area contributed by atoms with Gasteiger partial charge in [0, 0.05) is 31.2 Å². The fraction of sp³-hybridized carbons (Fsp3) is 0.316. The number of ether oxygens (including phenoxy) is 1. The molecule has 2 aromatic carbocycles. The Bertz CT molecular complexity index is 725. The predicted octanol–water partition coefficient (Wildman–Crippen LogP) is 3.80.